The SMILES string of the molecule is Cc1c(-c2ccccc2)nnn1CC[C@@](C)(C[SH](=O)=O)C(=O)NO. The smallest absolute Gasteiger partial charge is 0.250 e. The second-order valence-corrected chi connectivity index (χ2v) is 6.84. The largest absolute Gasteiger partial charge is 0.289 e. The average molecular weight is 352 g/mol. The molecule has 0 aliphatic carbocycles. The number of hydrogen-bond donors (Lipinski definition) is 3. The first-order valence-corrected chi connectivity index (χ1v) is 8.75. The third-order valence-corrected chi connectivity index (χ3v) is 4.99. The summed E-state index contributed by atoms with van der Waals surface area (Å²) < 4.78 is 23.7. The molecule has 1 amide bonds. The van der Waals surface area contributed by atoms with E-state index in [4.69, 9.17) is 5.21 Å². The van der Waals surface area contributed by atoms with Gasteiger partial charge in [-0.1, -0.05) is 35.5 Å². The van der Waals surface area contributed by atoms with Crippen molar-refractivity contribution in [1.29, 1.82) is 0 Å². The number of hydrogen-bond acceptors (Lipinski definition) is 6. The Balaban J connectivity index is 2.19. The van der Waals surface area contributed by atoms with Crippen LogP contribution in [-0.2, 0) is 22.0 Å². The highest BCUT2D eigenvalue weighted by atomic mass is 32.2. The molecule has 130 valence electrons. The van der Waals surface area contributed by atoms with Crippen molar-refractivity contribution in [2.45, 2.75) is 26.8 Å². The van der Waals surface area contributed by atoms with Gasteiger partial charge >= 0.3 is 0 Å². The summed E-state index contributed by atoms with van der Waals surface area (Å²) in [4.78, 5) is 11.8. The maximum absolute atomic E-state index is 11.8. The van der Waals surface area contributed by atoms with Crippen molar-refractivity contribution in [2.24, 2.45) is 5.41 Å². The van der Waals surface area contributed by atoms with E-state index < -0.39 is 22.0 Å². The van der Waals surface area contributed by atoms with Gasteiger partial charge in [-0.25, -0.2) is 18.6 Å². The van der Waals surface area contributed by atoms with Crippen LogP contribution in [0.25, 0.3) is 11.3 Å². The molecule has 0 saturated heterocycles. The zero-order chi connectivity index (χ0) is 17.7. The lowest BCUT2D eigenvalue weighted by atomic mass is 9.88. The van der Waals surface area contributed by atoms with Gasteiger partial charge in [-0.15, -0.1) is 5.10 Å². The van der Waals surface area contributed by atoms with Gasteiger partial charge in [-0.3, -0.25) is 10.0 Å². The van der Waals surface area contributed by atoms with E-state index in [1.54, 1.807) is 10.2 Å². The highest BCUT2D eigenvalue weighted by Crippen LogP contribution is 2.25. The normalized spacial score (nSPS) is 13.7. The molecule has 1 aromatic carbocycles. The number of benzene rings is 1. The van der Waals surface area contributed by atoms with Crippen molar-refractivity contribution in [3.8, 4) is 11.3 Å². The van der Waals surface area contributed by atoms with Crippen molar-refractivity contribution < 1.29 is 18.4 Å². The molecule has 1 aromatic heterocycles. The molecule has 0 bridgehead atoms. The zero-order valence-electron chi connectivity index (χ0n) is 13.5. The summed E-state index contributed by atoms with van der Waals surface area (Å²) in [5.74, 6) is -1.09. The van der Waals surface area contributed by atoms with E-state index in [-0.39, 0.29) is 12.2 Å². The Labute approximate surface area is 141 Å². The number of rotatable bonds is 7. The Morgan fingerprint density at radius 2 is 2.00 bits per heavy atom. The minimum atomic E-state index is -2.76. The molecule has 1 atom stereocenters. The van der Waals surface area contributed by atoms with Gasteiger partial charge in [0.05, 0.1) is 16.9 Å². The van der Waals surface area contributed by atoms with Gasteiger partial charge in [0.1, 0.15) is 16.4 Å². The maximum Gasteiger partial charge on any atom is 0.250 e. The minimum absolute atomic E-state index is 0.196. The summed E-state index contributed by atoms with van der Waals surface area (Å²) in [7, 11) is -2.76. The summed E-state index contributed by atoms with van der Waals surface area (Å²) in [6.45, 7) is 3.66. The third kappa shape index (κ3) is 3.98. The molecular formula is C15H20N4O4S. The fraction of sp³-hybridized carbons (Fsp3) is 0.400. The number of carbonyl (C=O) groups excluding carboxylic acids is 1. The maximum atomic E-state index is 11.8. The summed E-state index contributed by atoms with van der Waals surface area (Å²) in [6, 6.07) is 9.56. The van der Waals surface area contributed by atoms with E-state index in [0.717, 1.165) is 17.0 Å². The van der Waals surface area contributed by atoms with Crippen LogP contribution in [0.4, 0.5) is 0 Å². The molecule has 9 heteroatoms. The Bertz CT molecular complexity index is 780. The molecule has 0 unspecified atom stereocenters. The van der Waals surface area contributed by atoms with E-state index in [0.29, 0.717) is 6.54 Å². The predicted octanol–water partition coefficient (Wildman–Crippen LogP) is 0.767. The fourth-order valence-corrected chi connectivity index (χ4v) is 3.34. The number of nitrogens with zero attached hydrogens (tertiary/aromatic N) is 3. The summed E-state index contributed by atoms with van der Waals surface area (Å²) >= 11 is 0. The second-order valence-electron chi connectivity index (χ2n) is 5.86. The van der Waals surface area contributed by atoms with E-state index in [9.17, 15) is 13.2 Å². The monoisotopic (exact) mass is 352 g/mol. The summed E-state index contributed by atoms with van der Waals surface area (Å²) in [6.07, 6.45) is 0.196. The van der Waals surface area contributed by atoms with Gasteiger partial charge in [0.15, 0.2) is 0 Å². The molecule has 0 spiro atoms. The van der Waals surface area contributed by atoms with Crippen LogP contribution >= 0.6 is 0 Å². The summed E-state index contributed by atoms with van der Waals surface area (Å²) in [5, 5.41) is 17.1. The molecule has 1 heterocycles. The lowest BCUT2D eigenvalue weighted by molar-refractivity contribution is -0.138. The molecule has 2 aromatic rings. The van der Waals surface area contributed by atoms with Crippen LogP contribution in [0.2, 0.25) is 0 Å². The minimum Gasteiger partial charge on any atom is -0.289 e. The Hall–Kier alpha value is -2.26. The number of nitrogens with one attached hydrogen (secondary N) is 1. The van der Waals surface area contributed by atoms with Gasteiger partial charge in [0.2, 0.25) is 5.91 Å². The van der Waals surface area contributed by atoms with Crippen molar-refractivity contribution in [3.63, 3.8) is 0 Å². The molecule has 0 aliphatic heterocycles. The Morgan fingerprint density at radius 1 is 1.33 bits per heavy atom. The molecule has 0 aliphatic rings. The predicted molar refractivity (Wildman–Crippen MR) is 88.0 cm³/mol. The van der Waals surface area contributed by atoms with E-state index in [1.165, 1.54) is 6.92 Å². The van der Waals surface area contributed by atoms with E-state index in [1.807, 2.05) is 37.3 Å². The first-order chi connectivity index (χ1) is 11.4. The van der Waals surface area contributed by atoms with Crippen molar-refractivity contribution in [1.82, 2.24) is 20.5 Å². The van der Waals surface area contributed by atoms with Crippen molar-refractivity contribution >= 4 is 16.6 Å². The number of amides is 1. The number of carbonyl (C=O) groups is 1. The van der Waals surface area contributed by atoms with Crippen LogP contribution in [0.3, 0.4) is 0 Å². The van der Waals surface area contributed by atoms with Crippen LogP contribution in [-0.4, -0.2) is 40.3 Å². The lowest BCUT2D eigenvalue weighted by Gasteiger charge is -2.24. The van der Waals surface area contributed by atoms with E-state index >= 15 is 0 Å². The Morgan fingerprint density at radius 3 is 2.58 bits per heavy atom. The molecular weight excluding hydrogens is 332 g/mol. The first kappa shape index (κ1) is 18.1. The second kappa shape index (κ2) is 7.54. The first-order valence-electron chi connectivity index (χ1n) is 7.39. The molecule has 0 fully saturated rings. The lowest BCUT2D eigenvalue weighted by Crippen LogP contribution is -2.41. The fourth-order valence-electron chi connectivity index (χ4n) is 2.47. The molecule has 2 N–H and O–H groups in total. The molecule has 0 radical (unpaired) electrons. The quantitative estimate of drug-likeness (QED) is 0.385. The van der Waals surface area contributed by atoms with Crippen LogP contribution in [0.5, 0.6) is 0 Å². The number of hydroxylamine groups is 1. The van der Waals surface area contributed by atoms with Crippen LogP contribution < -0.4 is 5.48 Å². The average Bonchev–Trinajstić information content (AvgIpc) is 2.93. The molecule has 24 heavy (non-hydrogen) atoms. The van der Waals surface area contributed by atoms with Gasteiger partial charge < -0.3 is 0 Å². The Kier molecular flexibility index (Phi) is 5.68. The molecule has 0 saturated carbocycles. The molecule has 8 nitrogen and oxygen atoms in total. The van der Waals surface area contributed by atoms with Crippen LogP contribution in [0.15, 0.2) is 30.3 Å². The van der Waals surface area contributed by atoms with Gasteiger partial charge in [-0.2, -0.15) is 0 Å². The van der Waals surface area contributed by atoms with Crippen molar-refractivity contribution in [2.75, 3.05) is 5.75 Å². The standard InChI is InChI=1S/C15H20N4O4S/c1-11-13(12-6-4-3-5-7-12)16-18-19(11)9-8-15(2,10-24(22)23)14(20)17-21/h3-7,21,24H,8-10H2,1-2H3,(H,17,20)/t15-/m0/s1. The highest BCUT2D eigenvalue weighted by molar-refractivity contribution is 7.72. The van der Waals surface area contributed by atoms with Gasteiger partial charge in [0.25, 0.3) is 0 Å². The molecule has 2 rings (SSSR count). The number of aromatic nitrogens is 3. The summed E-state index contributed by atoms with van der Waals surface area (Å²) in [5.41, 5.74) is 2.78. The van der Waals surface area contributed by atoms with E-state index in [2.05, 4.69) is 10.3 Å². The van der Waals surface area contributed by atoms with Gasteiger partial charge in [0, 0.05) is 12.1 Å². The van der Waals surface area contributed by atoms with Crippen LogP contribution in [0.1, 0.15) is 19.0 Å². The topological polar surface area (TPSA) is 114 Å². The highest BCUT2D eigenvalue weighted by Gasteiger charge is 2.34. The van der Waals surface area contributed by atoms with Crippen molar-refractivity contribution in [3.05, 3.63) is 36.0 Å². The number of aryl methyl sites for hydroxylation is 1. The zero-order valence-corrected chi connectivity index (χ0v) is 14.4. The van der Waals surface area contributed by atoms with Gasteiger partial charge in [-0.05, 0) is 20.3 Å². The number of thiol groups is 1. The van der Waals surface area contributed by atoms with Crippen LogP contribution in [0, 0.1) is 12.3 Å². The third-order valence-electron chi connectivity index (χ3n) is 4.03.